The zero-order chi connectivity index (χ0) is 16.3. The second-order valence-electron chi connectivity index (χ2n) is 6.21. The van der Waals surface area contributed by atoms with Gasteiger partial charge >= 0.3 is 5.97 Å². The van der Waals surface area contributed by atoms with E-state index in [2.05, 4.69) is 20.8 Å². The van der Waals surface area contributed by atoms with Crippen molar-refractivity contribution in [3.63, 3.8) is 0 Å². The van der Waals surface area contributed by atoms with E-state index >= 15 is 0 Å². The number of unbranched alkanes of at least 4 members (excludes halogenated alkanes) is 5. The molecule has 0 fully saturated rings. The molecule has 0 radical (unpaired) electrons. The molecular formula is C20H32O2. The van der Waals surface area contributed by atoms with Gasteiger partial charge in [-0.25, -0.2) is 0 Å². The second-order valence-corrected chi connectivity index (χ2v) is 6.21. The lowest BCUT2D eigenvalue weighted by Gasteiger charge is -2.29. The van der Waals surface area contributed by atoms with E-state index in [1.54, 1.807) is 0 Å². The molecule has 0 aliphatic carbocycles. The molecule has 1 rings (SSSR count). The molecule has 0 heterocycles. The lowest BCUT2D eigenvalue weighted by atomic mass is 9.77. The standard InChI is InChI=1S/C20H32O2/c1-4-7-8-9-10-14-17-20(5-2,6-3)19(21)22-18-15-12-11-13-16-18/h11-13,15-16H,4-10,14,17H2,1-3H3. The van der Waals surface area contributed by atoms with Gasteiger partial charge in [0.2, 0.25) is 0 Å². The molecule has 0 atom stereocenters. The summed E-state index contributed by atoms with van der Waals surface area (Å²) in [5.41, 5.74) is -0.319. The highest BCUT2D eigenvalue weighted by atomic mass is 16.5. The predicted molar refractivity (Wildman–Crippen MR) is 93.1 cm³/mol. The molecular weight excluding hydrogens is 272 g/mol. The van der Waals surface area contributed by atoms with Crippen LogP contribution in [0.25, 0.3) is 0 Å². The van der Waals surface area contributed by atoms with Crippen LogP contribution in [-0.2, 0) is 4.79 Å². The van der Waals surface area contributed by atoms with E-state index in [0.29, 0.717) is 5.75 Å². The molecule has 124 valence electrons. The van der Waals surface area contributed by atoms with E-state index in [-0.39, 0.29) is 11.4 Å². The van der Waals surface area contributed by atoms with Crippen molar-refractivity contribution in [3.8, 4) is 5.75 Å². The SMILES string of the molecule is CCCCCCCCC(CC)(CC)C(=O)Oc1ccccc1. The van der Waals surface area contributed by atoms with Crippen LogP contribution in [0.1, 0.15) is 78.6 Å². The Morgan fingerprint density at radius 1 is 0.909 bits per heavy atom. The largest absolute Gasteiger partial charge is 0.426 e. The van der Waals surface area contributed by atoms with Crippen LogP contribution in [0, 0.1) is 5.41 Å². The van der Waals surface area contributed by atoms with E-state index in [4.69, 9.17) is 4.74 Å². The van der Waals surface area contributed by atoms with Crippen molar-refractivity contribution in [2.75, 3.05) is 0 Å². The van der Waals surface area contributed by atoms with Crippen LogP contribution in [0.2, 0.25) is 0 Å². The third-order valence-corrected chi connectivity index (χ3v) is 4.75. The van der Waals surface area contributed by atoms with Gasteiger partial charge in [0.15, 0.2) is 0 Å². The fraction of sp³-hybridized carbons (Fsp3) is 0.650. The molecule has 0 N–H and O–H groups in total. The van der Waals surface area contributed by atoms with Crippen molar-refractivity contribution in [1.82, 2.24) is 0 Å². The number of hydrogen-bond donors (Lipinski definition) is 0. The summed E-state index contributed by atoms with van der Waals surface area (Å²) < 4.78 is 5.62. The van der Waals surface area contributed by atoms with Crippen molar-refractivity contribution in [1.29, 1.82) is 0 Å². The highest BCUT2D eigenvalue weighted by Gasteiger charge is 2.36. The van der Waals surface area contributed by atoms with Gasteiger partial charge in [-0.15, -0.1) is 0 Å². The molecule has 0 saturated carbocycles. The first kappa shape index (κ1) is 18.7. The Bertz CT molecular complexity index is 407. The second kappa shape index (κ2) is 10.4. The lowest BCUT2D eigenvalue weighted by Crippen LogP contribution is -2.34. The van der Waals surface area contributed by atoms with Crippen molar-refractivity contribution >= 4 is 5.97 Å². The van der Waals surface area contributed by atoms with Gasteiger partial charge in [-0.2, -0.15) is 0 Å². The molecule has 22 heavy (non-hydrogen) atoms. The number of para-hydroxylation sites is 1. The Labute approximate surface area is 136 Å². The van der Waals surface area contributed by atoms with E-state index in [0.717, 1.165) is 25.7 Å². The summed E-state index contributed by atoms with van der Waals surface area (Å²) in [4.78, 5) is 12.6. The van der Waals surface area contributed by atoms with Crippen molar-refractivity contribution in [2.45, 2.75) is 78.6 Å². The normalized spacial score (nSPS) is 11.4. The van der Waals surface area contributed by atoms with Gasteiger partial charge in [-0.05, 0) is 31.4 Å². The van der Waals surface area contributed by atoms with E-state index < -0.39 is 0 Å². The minimum atomic E-state index is -0.319. The fourth-order valence-electron chi connectivity index (χ4n) is 2.94. The van der Waals surface area contributed by atoms with Crippen LogP contribution in [0.15, 0.2) is 30.3 Å². The smallest absolute Gasteiger partial charge is 0.317 e. The van der Waals surface area contributed by atoms with Gasteiger partial charge in [0, 0.05) is 0 Å². The minimum absolute atomic E-state index is 0.0581. The van der Waals surface area contributed by atoms with E-state index in [1.807, 2.05) is 30.3 Å². The van der Waals surface area contributed by atoms with Crippen LogP contribution in [0.4, 0.5) is 0 Å². The van der Waals surface area contributed by atoms with Gasteiger partial charge in [-0.3, -0.25) is 4.79 Å². The number of rotatable bonds is 11. The van der Waals surface area contributed by atoms with Crippen LogP contribution in [0.3, 0.4) is 0 Å². The average molecular weight is 304 g/mol. The summed E-state index contributed by atoms with van der Waals surface area (Å²) in [6, 6.07) is 9.42. The molecule has 0 bridgehead atoms. The van der Waals surface area contributed by atoms with Crippen LogP contribution in [-0.4, -0.2) is 5.97 Å². The molecule has 0 unspecified atom stereocenters. The van der Waals surface area contributed by atoms with E-state index in [9.17, 15) is 4.79 Å². The summed E-state index contributed by atoms with van der Waals surface area (Å²) in [5, 5.41) is 0. The third-order valence-electron chi connectivity index (χ3n) is 4.75. The van der Waals surface area contributed by atoms with E-state index in [1.165, 1.54) is 32.1 Å². The number of carbonyl (C=O) groups is 1. The molecule has 1 aromatic carbocycles. The minimum Gasteiger partial charge on any atom is -0.426 e. The molecule has 0 spiro atoms. The summed E-state index contributed by atoms with van der Waals surface area (Å²) >= 11 is 0. The molecule has 1 aromatic rings. The highest BCUT2D eigenvalue weighted by molar-refractivity contribution is 5.79. The molecule has 0 aliphatic rings. The first-order chi connectivity index (χ1) is 10.7. The number of hydrogen-bond acceptors (Lipinski definition) is 2. The molecule has 0 saturated heterocycles. The monoisotopic (exact) mass is 304 g/mol. The Kier molecular flexibility index (Phi) is 8.88. The maximum Gasteiger partial charge on any atom is 0.317 e. The quantitative estimate of drug-likeness (QED) is 0.278. The Balaban J connectivity index is 2.52. The Morgan fingerprint density at radius 2 is 1.50 bits per heavy atom. The number of benzene rings is 1. The predicted octanol–water partition coefficient (Wildman–Crippen LogP) is 6.15. The lowest BCUT2D eigenvalue weighted by molar-refractivity contribution is -0.147. The fourth-order valence-corrected chi connectivity index (χ4v) is 2.94. The first-order valence-electron chi connectivity index (χ1n) is 8.96. The highest BCUT2D eigenvalue weighted by Crippen LogP contribution is 2.35. The summed E-state index contributed by atoms with van der Waals surface area (Å²) in [7, 11) is 0. The zero-order valence-corrected chi connectivity index (χ0v) is 14.6. The van der Waals surface area contributed by atoms with Crippen LogP contribution < -0.4 is 4.74 Å². The zero-order valence-electron chi connectivity index (χ0n) is 14.6. The summed E-state index contributed by atoms with van der Waals surface area (Å²) in [6.45, 7) is 6.44. The molecule has 0 aromatic heterocycles. The van der Waals surface area contributed by atoms with Gasteiger partial charge in [0.05, 0.1) is 5.41 Å². The van der Waals surface area contributed by atoms with Gasteiger partial charge in [0.25, 0.3) is 0 Å². The third kappa shape index (κ3) is 5.82. The number of esters is 1. The topological polar surface area (TPSA) is 26.3 Å². The van der Waals surface area contributed by atoms with Crippen LogP contribution in [0.5, 0.6) is 5.75 Å². The van der Waals surface area contributed by atoms with Crippen molar-refractivity contribution < 1.29 is 9.53 Å². The number of ether oxygens (including phenoxy) is 1. The Morgan fingerprint density at radius 3 is 2.09 bits per heavy atom. The van der Waals surface area contributed by atoms with Crippen LogP contribution >= 0.6 is 0 Å². The van der Waals surface area contributed by atoms with Gasteiger partial charge < -0.3 is 4.74 Å². The first-order valence-corrected chi connectivity index (χ1v) is 8.96. The van der Waals surface area contributed by atoms with Gasteiger partial charge in [-0.1, -0.05) is 77.5 Å². The molecule has 0 aliphatic heterocycles. The molecule has 0 amide bonds. The maximum atomic E-state index is 12.6. The summed E-state index contributed by atoms with van der Waals surface area (Å²) in [5.74, 6) is 0.596. The molecule has 2 heteroatoms. The maximum absolute atomic E-state index is 12.6. The number of carbonyl (C=O) groups excluding carboxylic acids is 1. The average Bonchev–Trinajstić information content (AvgIpc) is 2.55. The summed E-state index contributed by atoms with van der Waals surface area (Å²) in [6.07, 6.45) is 10.2. The van der Waals surface area contributed by atoms with Crippen molar-refractivity contribution in [3.05, 3.63) is 30.3 Å². The van der Waals surface area contributed by atoms with Gasteiger partial charge in [0.1, 0.15) is 5.75 Å². The molecule has 2 nitrogen and oxygen atoms in total. The van der Waals surface area contributed by atoms with Crippen molar-refractivity contribution in [2.24, 2.45) is 5.41 Å². The Hall–Kier alpha value is -1.31.